The number of hydrogen-bond donors (Lipinski definition) is 2. The van der Waals surface area contributed by atoms with Gasteiger partial charge in [0.25, 0.3) is 0 Å². The van der Waals surface area contributed by atoms with Crippen LogP contribution in [0.4, 0.5) is 0 Å². The number of rotatable bonds is 5. The zero-order valence-electron chi connectivity index (χ0n) is 21.4. The van der Waals surface area contributed by atoms with E-state index in [0.717, 1.165) is 6.42 Å². The van der Waals surface area contributed by atoms with Gasteiger partial charge in [-0.05, 0) is 64.7 Å². The van der Waals surface area contributed by atoms with Gasteiger partial charge in [0.2, 0.25) is 0 Å². The van der Waals surface area contributed by atoms with E-state index in [0.29, 0.717) is 43.9 Å². The van der Waals surface area contributed by atoms with Crippen LogP contribution in [0.15, 0.2) is 0 Å². The number of aliphatic hydroxyl groups is 2. The van der Waals surface area contributed by atoms with Crippen LogP contribution in [0.25, 0.3) is 0 Å². The molecule has 1 saturated carbocycles. The van der Waals surface area contributed by atoms with Crippen molar-refractivity contribution in [2.24, 2.45) is 23.7 Å². The fourth-order valence-corrected chi connectivity index (χ4v) is 6.85. The molecule has 9 atom stereocenters. The first-order valence-electron chi connectivity index (χ1n) is 12.7. The molecule has 1 aliphatic carbocycles. The summed E-state index contributed by atoms with van der Waals surface area (Å²) in [5.74, 6) is -0.260. The average molecular weight is 469 g/mol. The maximum absolute atomic E-state index is 12.7. The van der Waals surface area contributed by atoms with Crippen molar-refractivity contribution in [1.29, 1.82) is 0 Å². The topological polar surface area (TPSA) is 102 Å². The summed E-state index contributed by atoms with van der Waals surface area (Å²) in [6, 6.07) is 0. The molecular weight excluding hydrogens is 424 g/mol. The van der Waals surface area contributed by atoms with Gasteiger partial charge in [0.15, 0.2) is 0 Å². The predicted molar refractivity (Wildman–Crippen MR) is 123 cm³/mol. The first-order chi connectivity index (χ1) is 15.2. The molecular formula is C26H44O7. The quantitative estimate of drug-likeness (QED) is 0.592. The van der Waals surface area contributed by atoms with E-state index in [2.05, 4.69) is 13.8 Å². The zero-order valence-corrected chi connectivity index (χ0v) is 21.4. The summed E-state index contributed by atoms with van der Waals surface area (Å²) in [6.07, 6.45) is 1.93. The molecule has 0 aromatic heterocycles. The highest BCUT2D eigenvalue weighted by Gasteiger charge is 2.64. The summed E-state index contributed by atoms with van der Waals surface area (Å²) in [6.45, 7) is 13.1. The number of carbonyl (C=O) groups excluding carboxylic acids is 2. The summed E-state index contributed by atoms with van der Waals surface area (Å²) >= 11 is 0. The van der Waals surface area contributed by atoms with Crippen molar-refractivity contribution in [3.8, 4) is 0 Å². The zero-order chi connectivity index (χ0) is 24.8. The molecule has 2 heterocycles. The molecule has 2 aliphatic heterocycles. The highest BCUT2D eigenvalue weighted by Crippen LogP contribution is 2.57. The van der Waals surface area contributed by atoms with E-state index in [1.807, 2.05) is 20.8 Å². The summed E-state index contributed by atoms with van der Waals surface area (Å²) in [7, 11) is 0. The van der Waals surface area contributed by atoms with Gasteiger partial charge in [-0.2, -0.15) is 0 Å². The predicted octanol–water partition coefficient (Wildman–Crippen LogP) is 3.77. The van der Waals surface area contributed by atoms with Gasteiger partial charge < -0.3 is 24.4 Å². The molecule has 0 amide bonds. The van der Waals surface area contributed by atoms with Crippen LogP contribution in [0.3, 0.4) is 0 Å². The minimum atomic E-state index is -1.34. The van der Waals surface area contributed by atoms with Crippen LogP contribution >= 0.6 is 0 Å². The van der Waals surface area contributed by atoms with Crippen LogP contribution in [0.1, 0.15) is 93.4 Å². The standard InChI is InChI=1S/C26H44O7/c1-8-9-20(28)33-26(7)13-11-19(31-16(4)27)25(6,30)14-18-22-21(23(26)32-18)17(15(2)3)10-12-24(22,5)29/h15,17-19,21-23,29-30H,8-14H2,1-7H3/t17-,18-,19+,21-,22-,23-,24-,25+,26-/m1/s1. The Bertz CT molecular complexity index is 730. The van der Waals surface area contributed by atoms with Crippen molar-refractivity contribution in [3.63, 3.8) is 0 Å². The van der Waals surface area contributed by atoms with E-state index in [-0.39, 0.29) is 24.2 Å². The van der Waals surface area contributed by atoms with Crippen molar-refractivity contribution < 1.29 is 34.0 Å². The molecule has 2 bridgehead atoms. The smallest absolute Gasteiger partial charge is 0.306 e. The van der Waals surface area contributed by atoms with Gasteiger partial charge in [-0.1, -0.05) is 20.8 Å². The molecule has 190 valence electrons. The van der Waals surface area contributed by atoms with Crippen LogP contribution in [0.5, 0.6) is 0 Å². The second-order valence-corrected chi connectivity index (χ2v) is 11.7. The number of hydrogen-bond acceptors (Lipinski definition) is 7. The third-order valence-electron chi connectivity index (χ3n) is 8.46. The van der Waals surface area contributed by atoms with Gasteiger partial charge in [0, 0.05) is 31.6 Å². The average Bonchev–Trinajstić information content (AvgIpc) is 3.05. The van der Waals surface area contributed by atoms with Crippen LogP contribution < -0.4 is 0 Å². The molecule has 2 N–H and O–H groups in total. The van der Waals surface area contributed by atoms with E-state index in [9.17, 15) is 19.8 Å². The van der Waals surface area contributed by atoms with Crippen molar-refractivity contribution in [2.75, 3.05) is 0 Å². The van der Waals surface area contributed by atoms with Gasteiger partial charge >= 0.3 is 11.9 Å². The van der Waals surface area contributed by atoms with E-state index in [1.165, 1.54) is 6.92 Å². The third-order valence-corrected chi connectivity index (χ3v) is 8.46. The van der Waals surface area contributed by atoms with E-state index >= 15 is 0 Å². The summed E-state index contributed by atoms with van der Waals surface area (Å²) in [5.41, 5.74) is -3.26. The van der Waals surface area contributed by atoms with E-state index in [4.69, 9.17) is 14.2 Å². The molecule has 0 radical (unpaired) electrons. The molecule has 2 saturated heterocycles. The number of carbonyl (C=O) groups is 2. The highest BCUT2D eigenvalue weighted by atomic mass is 16.6. The molecule has 7 nitrogen and oxygen atoms in total. The van der Waals surface area contributed by atoms with Crippen molar-refractivity contribution in [3.05, 3.63) is 0 Å². The summed E-state index contributed by atoms with van der Waals surface area (Å²) < 4.78 is 18.4. The maximum atomic E-state index is 12.7. The van der Waals surface area contributed by atoms with E-state index < -0.39 is 41.1 Å². The molecule has 0 aromatic carbocycles. The largest absolute Gasteiger partial charge is 0.460 e. The van der Waals surface area contributed by atoms with Crippen LogP contribution in [-0.4, -0.2) is 57.3 Å². The van der Waals surface area contributed by atoms with Gasteiger partial charge in [-0.3, -0.25) is 9.59 Å². The molecule has 0 unspecified atom stereocenters. The van der Waals surface area contributed by atoms with Gasteiger partial charge in [-0.15, -0.1) is 0 Å². The Morgan fingerprint density at radius 3 is 2.33 bits per heavy atom. The Kier molecular flexibility index (Phi) is 7.58. The van der Waals surface area contributed by atoms with Gasteiger partial charge in [0.1, 0.15) is 23.4 Å². The Morgan fingerprint density at radius 1 is 1.09 bits per heavy atom. The normalized spacial score (nSPS) is 45.5. The number of ether oxygens (including phenoxy) is 3. The Morgan fingerprint density at radius 2 is 1.76 bits per heavy atom. The first-order valence-corrected chi connectivity index (χ1v) is 12.7. The highest BCUT2D eigenvalue weighted by molar-refractivity contribution is 5.70. The first kappa shape index (κ1) is 26.4. The lowest BCUT2D eigenvalue weighted by molar-refractivity contribution is -0.183. The third kappa shape index (κ3) is 5.25. The minimum absolute atomic E-state index is 0.000693. The Labute approximate surface area is 198 Å². The lowest BCUT2D eigenvalue weighted by Crippen LogP contribution is -2.57. The van der Waals surface area contributed by atoms with Gasteiger partial charge in [0.05, 0.1) is 11.7 Å². The molecule has 0 aromatic rings. The number of esters is 2. The van der Waals surface area contributed by atoms with Crippen LogP contribution in [-0.2, 0) is 23.8 Å². The SMILES string of the molecule is CCCC(=O)O[C@]1(C)CC[C@H](OC(C)=O)[C@@](C)(O)C[C@H]2O[C@@H]1[C@H]1[C@@H]2[C@](C)(O)CC[C@@H]1C(C)C. The summed E-state index contributed by atoms with van der Waals surface area (Å²) in [4.78, 5) is 24.5. The Balaban J connectivity index is 2.09. The van der Waals surface area contributed by atoms with Crippen LogP contribution in [0, 0.1) is 23.7 Å². The molecule has 3 aliphatic rings. The van der Waals surface area contributed by atoms with Gasteiger partial charge in [-0.25, -0.2) is 0 Å². The molecule has 3 rings (SSSR count). The number of fused-ring (bicyclic) bond motifs is 5. The molecule has 0 spiro atoms. The molecule has 3 fully saturated rings. The lowest BCUT2D eigenvalue weighted by atomic mass is 9.57. The minimum Gasteiger partial charge on any atom is -0.460 e. The fourth-order valence-electron chi connectivity index (χ4n) is 6.85. The van der Waals surface area contributed by atoms with E-state index in [1.54, 1.807) is 6.92 Å². The lowest BCUT2D eigenvalue weighted by Gasteiger charge is -2.50. The molecule has 33 heavy (non-hydrogen) atoms. The Hall–Kier alpha value is -1.18. The second kappa shape index (κ2) is 9.46. The monoisotopic (exact) mass is 468 g/mol. The maximum Gasteiger partial charge on any atom is 0.306 e. The van der Waals surface area contributed by atoms with Crippen molar-refractivity contribution >= 4 is 11.9 Å². The van der Waals surface area contributed by atoms with Crippen molar-refractivity contribution in [2.45, 2.75) is 129 Å². The molecule has 7 heteroatoms. The summed E-state index contributed by atoms with van der Waals surface area (Å²) in [5, 5.41) is 23.0. The second-order valence-electron chi connectivity index (χ2n) is 11.7. The van der Waals surface area contributed by atoms with Crippen LogP contribution in [0.2, 0.25) is 0 Å². The fraction of sp³-hybridized carbons (Fsp3) is 0.923. The van der Waals surface area contributed by atoms with Crippen molar-refractivity contribution in [1.82, 2.24) is 0 Å².